The molecule has 0 aliphatic carbocycles. The van der Waals surface area contributed by atoms with Gasteiger partial charge in [0.2, 0.25) is 0 Å². The number of methoxy groups -OCH3 is 1. The quantitative estimate of drug-likeness (QED) is 0.107. The molecule has 1 atom stereocenters. The van der Waals surface area contributed by atoms with Crippen molar-refractivity contribution in [3.63, 3.8) is 0 Å². The first-order valence-corrected chi connectivity index (χ1v) is 15.5. The SMILES string of the molecule is CCCCCCCCCCCCCCCCCC(c1ccc(OC)cc1)[N+](C)(C)CCC[N+](C)(C)C. The number of unbranched alkanes of at least 4 members (excludes halogenated alkanes) is 14. The van der Waals surface area contributed by atoms with Crippen molar-refractivity contribution in [1.29, 1.82) is 0 Å². The molecule has 1 aromatic rings. The second-order valence-corrected chi connectivity index (χ2v) is 12.9. The number of benzene rings is 1. The Balaban J connectivity index is 2.32. The highest BCUT2D eigenvalue weighted by Gasteiger charge is 2.29. The highest BCUT2D eigenvalue weighted by atomic mass is 16.5. The maximum absolute atomic E-state index is 5.42. The molecule has 3 heteroatoms. The zero-order valence-corrected chi connectivity index (χ0v) is 25.6. The molecule has 0 N–H and O–H groups in total. The van der Waals surface area contributed by atoms with E-state index in [1.54, 1.807) is 7.11 Å². The van der Waals surface area contributed by atoms with Gasteiger partial charge in [-0.1, -0.05) is 96.8 Å². The summed E-state index contributed by atoms with van der Waals surface area (Å²) in [5.74, 6) is 0.958. The van der Waals surface area contributed by atoms with Gasteiger partial charge in [-0.25, -0.2) is 0 Å². The van der Waals surface area contributed by atoms with Crippen LogP contribution in [0.1, 0.15) is 128 Å². The Morgan fingerprint density at radius 3 is 1.44 bits per heavy atom. The van der Waals surface area contributed by atoms with E-state index in [9.17, 15) is 0 Å². The number of quaternary nitrogens is 2. The van der Waals surface area contributed by atoms with E-state index >= 15 is 0 Å². The third-order valence-electron chi connectivity index (χ3n) is 7.99. The van der Waals surface area contributed by atoms with Crippen molar-refractivity contribution in [2.24, 2.45) is 0 Å². The van der Waals surface area contributed by atoms with Crippen molar-refractivity contribution in [1.82, 2.24) is 0 Å². The lowest BCUT2D eigenvalue weighted by molar-refractivity contribution is -0.927. The van der Waals surface area contributed by atoms with E-state index in [1.165, 1.54) is 128 Å². The van der Waals surface area contributed by atoms with E-state index in [2.05, 4.69) is 66.4 Å². The molecule has 0 saturated carbocycles. The first-order chi connectivity index (χ1) is 17.2. The van der Waals surface area contributed by atoms with E-state index in [4.69, 9.17) is 4.74 Å². The van der Waals surface area contributed by atoms with Crippen LogP contribution in [0, 0.1) is 0 Å². The van der Waals surface area contributed by atoms with Gasteiger partial charge in [0.1, 0.15) is 11.8 Å². The highest BCUT2D eigenvalue weighted by Crippen LogP contribution is 2.32. The van der Waals surface area contributed by atoms with E-state index in [0.717, 1.165) is 14.7 Å². The summed E-state index contributed by atoms with van der Waals surface area (Å²) < 4.78 is 7.54. The molecule has 1 aromatic carbocycles. The molecule has 0 aliphatic rings. The molecular formula is C33H64N2O+2. The van der Waals surface area contributed by atoms with Gasteiger partial charge < -0.3 is 13.7 Å². The number of hydrogen-bond acceptors (Lipinski definition) is 1. The average molecular weight is 505 g/mol. The zero-order valence-electron chi connectivity index (χ0n) is 25.6. The fourth-order valence-corrected chi connectivity index (χ4v) is 5.56. The van der Waals surface area contributed by atoms with E-state index < -0.39 is 0 Å². The lowest BCUT2D eigenvalue weighted by Gasteiger charge is -2.39. The van der Waals surface area contributed by atoms with Crippen LogP contribution >= 0.6 is 0 Å². The minimum absolute atomic E-state index is 0.561. The smallest absolute Gasteiger partial charge is 0.118 e. The van der Waals surface area contributed by atoms with Gasteiger partial charge in [-0.3, -0.25) is 0 Å². The fourth-order valence-electron chi connectivity index (χ4n) is 5.56. The summed E-state index contributed by atoms with van der Waals surface area (Å²) in [5.41, 5.74) is 1.47. The van der Waals surface area contributed by atoms with Gasteiger partial charge in [-0.05, 0) is 30.7 Å². The van der Waals surface area contributed by atoms with Gasteiger partial charge in [-0.15, -0.1) is 0 Å². The van der Waals surface area contributed by atoms with Crippen LogP contribution in [0.4, 0.5) is 0 Å². The molecule has 0 amide bonds. The van der Waals surface area contributed by atoms with Crippen LogP contribution in [0.3, 0.4) is 0 Å². The largest absolute Gasteiger partial charge is 0.497 e. The summed E-state index contributed by atoms with van der Waals surface area (Å²) in [4.78, 5) is 0. The maximum Gasteiger partial charge on any atom is 0.118 e. The third kappa shape index (κ3) is 15.9. The molecule has 36 heavy (non-hydrogen) atoms. The molecule has 0 heterocycles. The van der Waals surface area contributed by atoms with Crippen LogP contribution in [-0.4, -0.2) is 64.4 Å². The normalized spacial score (nSPS) is 13.2. The Morgan fingerprint density at radius 2 is 1.03 bits per heavy atom. The minimum Gasteiger partial charge on any atom is -0.497 e. The minimum atomic E-state index is 0.561. The van der Waals surface area contributed by atoms with Crippen LogP contribution in [0.2, 0.25) is 0 Å². The predicted molar refractivity (Wildman–Crippen MR) is 160 cm³/mol. The molecule has 0 saturated heterocycles. The van der Waals surface area contributed by atoms with Crippen molar-refractivity contribution in [3.05, 3.63) is 29.8 Å². The van der Waals surface area contributed by atoms with Gasteiger partial charge in [-0.2, -0.15) is 0 Å². The average Bonchev–Trinajstić information content (AvgIpc) is 2.83. The summed E-state index contributed by atoms with van der Waals surface area (Å²) in [7, 11) is 13.5. The molecule has 1 rings (SSSR count). The monoisotopic (exact) mass is 505 g/mol. The van der Waals surface area contributed by atoms with Crippen molar-refractivity contribution >= 4 is 0 Å². The standard InChI is InChI=1S/C33H64N2O/c1-8-9-10-11-12-13-14-15-16-17-18-19-20-21-22-24-33(31-25-27-32(36-7)28-26-31)35(5,6)30-23-29-34(2,3)4/h25-28,33H,8-24,29-30H2,1-7H3/q+2. The molecule has 3 nitrogen and oxygen atoms in total. The second-order valence-electron chi connectivity index (χ2n) is 12.9. The molecule has 0 aromatic heterocycles. The van der Waals surface area contributed by atoms with E-state index in [0.29, 0.717) is 6.04 Å². The lowest BCUT2D eigenvalue weighted by Crippen LogP contribution is -2.46. The van der Waals surface area contributed by atoms with E-state index in [1.807, 2.05) is 0 Å². The predicted octanol–water partition coefficient (Wildman–Crippen LogP) is 9.17. The third-order valence-corrected chi connectivity index (χ3v) is 7.99. The molecule has 0 spiro atoms. The Hall–Kier alpha value is -1.06. The van der Waals surface area contributed by atoms with Gasteiger partial charge in [0, 0.05) is 18.4 Å². The number of hydrogen-bond donors (Lipinski definition) is 0. The summed E-state index contributed by atoms with van der Waals surface area (Å²) in [6, 6.07) is 9.44. The molecule has 0 bridgehead atoms. The topological polar surface area (TPSA) is 9.23 Å². The Kier molecular flexibility index (Phi) is 17.5. The van der Waals surface area contributed by atoms with E-state index in [-0.39, 0.29) is 0 Å². The van der Waals surface area contributed by atoms with Crippen molar-refractivity contribution in [2.45, 2.75) is 122 Å². The summed E-state index contributed by atoms with van der Waals surface area (Å²) in [6.45, 7) is 4.76. The summed E-state index contributed by atoms with van der Waals surface area (Å²) >= 11 is 0. The first kappa shape index (κ1) is 33.0. The Labute approximate surface area is 226 Å². The highest BCUT2D eigenvalue weighted by molar-refractivity contribution is 5.28. The van der Waals surface area contributed by atoms with Crippen LogP contribution in [0.15, 0.2) is 24.3 Å². The second kappa shape index (κ2) is 19.1. The first-order valence-electron chi connectivity index (χ1n) is 15.5. The van der Waals surface area contributed by atoms with Gasteiger partial charge in [0.05, 0.1) is 55.4 Å². The maximum atomic E-state index is 5.42. The van der Waals surface area contributed by atoms with Crippen molar-refractivity contribution in [2.75, 3.05) is 55.4 Å². The Morgan fingerprint density at radius 1 is 0.583 bits per heavy atom. The number of rotatable bonds is 23. The summed E-state index contributed by atoms with van der Waals surface area (Å²) in [6.07, 6.45) is 24.0. The Bertz CT molecular complexity index is 632. The van der Waals surface area contributed by atoms with Gasteiger partial charge in [0.25, 0.3) is 0 Å². The van der Waals surface area contributed by atoms with Crippen LogP contribution in [0.5, 0.6) is 5.75 Å². The fraction of sp³-hybridized carbons (Fsp3) is 0.818. The van der Waals surface area contributed by atoms with Crippen LogP contribution in [-0.2, 0) is 0 Å². The van der Waals surface area contributed by atoms with Gasteiger partial charge in [0.15, 0.2) is 0 Å². The molecule has 1 unspecified atom stereocenters. The van der Waals surface area contributed by atoms with Crippen LogP contribution in [0.25, 0.3) is 0 Å². The molecule has 0 radical (unpaired) electrons. The molecule has 210 valence electrons. The van der Waals surface area contributed by atoms with Crippen molar-refractivity contribution in [3.8, 4) is 5.75 Å². The molecule has 0 fully saturated rings. The van der Waals surface area contributed by atoms with Crippen LogP contribution < -0.4 is 4.74 Å². The molecule has 0 aliphatic heterocycles. The van der Waals surface area contributed by atoms with Gasteiger partial charge >= 0.3 is 0 Å². The van der Waals surface area contributed by atoms with Crippen molar-refractivity contribution < 1.29 is 13.7 Å². The summed E-state index contributed by atoms with van der Waals surface area (Å²) in [5, 5.41) is 0. The zero-order chi connectivity index (χ0) is 26.7. The molecular weight excluding hydrogens is 440 g/mol. The lowest BCUT2D eigenvalue weighted by atomic mass is 9.96. The number of ether oxygens (including phenoxy) is 1. The number of nitrogens with zero attached hydrogens (tertiary/aromatic N) is 2.